The number of benzene rings is 2. The van der Waals surface area contributed by atoms with E-state index in [-0.39, 0.29) is 33.8 Å². The molecule has 40 heavy (non-hydrogen) atoms. The molecule has 8 N–H and O–H groups in total. The third-order valence-electron chi connectivity index (χ3n) is 6.86. The van der Waals surface area contributed by atoms with Gasteiger partial charge < -0.3 is 64.2 Å². The second kappa shape index (κ2) is 10.8. The minimum absolute atomic E-state index is 0.0845. The van der Waals surface area contributed by atoms with Gasteiger partial charge in [0.1, 0.15) is 58.7 Å². The van der Waals surface area contributed by atoms with E-state index in [0.29, 0.717) is 0 Å². The summed E-state index contributed by atoms with van der Waals surface area (Å²) in [4.78, 5) is 13.6. The number of hydrogen-bond donors (Lipinski definition) is 8. The molecule has 14 nitrogen and oxygen atoms in total. The molecule has 0 unspecified atom stereocenters. The minimum atomic E-state index is -1.74. The molecule has 2 aliphatic heterocycles. The fraction of sp³-hybridized carbons (Fsp3) is 0.423. The number of rotatable bonds is 6. The predicted molar refractivity (Wildman–Crippen MR) is 133 cm³/mol. The Kier molecular flexibility index (Phi) is 7.60. The fourth-order valence-corrected chi connectivity index (χ4v) is 4.67. The first kappa shape index (κ1) is 28.1. The van der Waals surface area contributed by atoms with Crippen molar-refractivity contribution in [3.05, 3.63) is 46.6 Å². The molecule has 216 valence electrons. The Balaban J connectivity index is 1.57. The third-order valence-corrected chi connectivity index (χ3v) is 6.86. The molecule has 14 heteroatoms. The van der Waals surface area contributed by atoms with Crippen LogP contribution in [0.1, 0.15) is 6.92 Å². The lowest BCUT2D eigenvalue weighted by molar-refractivity contribution is -0.316. The Bertz CT molecular complexity index is 1420. The number of hydrogen-bond acceptors (Lipinski definition) is 14. The summed E-state index contributed by atoms with van der Waals surface area (Å²) >= 11 is 0. The van der Waals surface area contributed by atoms with Gasteiger partial charge in [0.25, 0.3) is 0 Å². The zero-order chi connectivity index (χ0) is 28.9. The lowest BCUT2D eigenvalue weighted by atomic mass is 10.00. The molecular formula is C26H28O14. The summed E-state index contributed by atoms with van der Waals surface area (Å²) in [7, 11) is 0. The summed E-state index contributed by atoms with van der Waals surface area (Å²) in [6.45, 7) is 0.737. The van der Waals surface area contributed by atoms with Crippen molar-refractivity contribution >= 4 is 11.0 Å². The lowest BCUT2D eigenvalue weighted by Gasteiger charge is -2.40. The quantitative estimate of drug-likeness (QED) is 0.184. The van der Waals surface area contributed by atoms with Gasteiger partial charge >= 0.3 is 0 Å². The first-order valence-corrected chi connectivity index (χ1v) is 12.3. The minimum Gasteiger partial charge on any atom is -0.508 e. The molecule has 9 atom stereocenters. The van der Waals surface area contributed by atoms with E-state index in [1.807, 2.05) is 0 Å². The number of phenols is 3. The lowest BCUT2D eigenvalue weighted by Crippen LogP contribution is -2.59. The van der Waals surface area contributed by atoms with Crippen LogP contribution in [0, 0.1) is 0 Å². The fourth-order valence-electron chi connectivity index (χ4n) is 4.67. The van der Waals surface area contributed by atoms with Gasteiger partial charge in [-0.2, -0.15) is 0 Å². The Labute approximate surface area is 225 Å². The second-order valence-electron chi connectivity index (χ2n) is 9.59. The Hall–Kier alpha value is -3.47. The molecule has 3 heterocycles. The van der Waals surface area contributed by atoms with Gasteiger partial charge in [-0.05, 0) is 31.2 Å². The van der Waals surface area contributed by atoms with Crippen molar-refractivity contribution in [2.24, 2.45) is 0 Å². The van der Waals surface area contributed by atoms with Crippen molar-refractivity contribution in [1.29, 1.82) is 0 Å². The number of aromatic hydroxyl groups is 3. The molecule has 2 fully saturated rings. The maximum absolute atomic E-state index is 13.6. The number of aliphatic hydroxyl groups excluding tert-OH is 5. The maximum atomic E-state index is 13.6. The van der Waals surface area contributed by atoms with Crippen LogP contribution in [0.2, 0.25) is 0 Å². The Morgan fingerprint density at radius 3 is 2.23 bits per heavy atom. The molecule has 2 aromatic carbocycles. The van der Waals surface area contributed by atoms with E-state index in [1.165, 1.54) is 31.2 Å². The van der Waals surface area contributed by atoms with E-state index in [2.05, 4.69) is 0 Å². The highest BCUT2D eigenvalue weighted by Crippen LogP contribution is 2.38. The van der Waals surface area contributed by atoms with Gasteiger partial charge in [-0.3, -0.25) is 4.79 Å². The summed E-state index contributed by atoms with van der Waals surface area (Å²) in [5.74, 6) is -1.80. The molecule has 0 bridgehead atoms. The summed E-state index contributed by atoms with van der Waals surface area (Å²) in [5, 5.41) is 80.7. The van der Waals surface area contributed by atoms with E-state index >= 15 is 0 Å². The van der Waals surface area contributed by atoms with Gasteiger partial charge in [0, 0.05) is 17.7 Å². The number of ether oxygens (including phenoxy) is 4. The normalized spacial score (nSPS) is 32.4. The zero-order valence-corrected chi connectivity index (χ0v) is 20.9. The van der Waals surface area contributed by atoms with E-state index in [9.17, 15) is 45.6 Å². The molecule has 5 rings (SSSR count). The van der Waals surface area contributed by atoms with Gasteiger partial charge in [-0.15, -0.1) is 0 Å². The summed E-state index contributed by atoms with van der Waals surface area (Å²) in [5.41, 5.74) is -0.847. The van der Waals surface area contributed by atoms with Crippen LogP contribution >= 0.6 is 0 Å². The average molecular weight is 564 g/mol. The van der Waals surface area contributed by atoms with Gasteiger partial charge in [0.15, 0.2) is 18.2 Å². The number of aliphatic hydroxyl groups is 5. The smallest absolute Gasteiger partial charge is 0.239 e. The highest BCUT2D eigenvalue weighted by molar-refractivity contribution is 5.88. The van der Waals surface area contributed by atoms with Crippen LogP contribution in [0.5, 0.6) is 23.0 Å². The monoisotopic (exact) mass is 564 g/mol. The van der Waals surface area contributed by atoms with E-state index in [4.69, 9.17) is 23.4 Å². The molecule has 0 aliphatic carbocycles. The first-order chi connectivity index (χ1) is 19.0. The van der Waals surface area contributed by atoms with Crippen LogP contribution in [-0.2, 0) is 14.2 Å². The standard InChI is InChI=1S/C26H28O14/c1-9-17(31)20(34)21(35)25(36-9)40-24-18(32)15(8-27)38-26(24)39-23-19(33)16-13(30)6-12(29)7-14(16)37-22(23)10-2-4-11(28)5-3-10/h2-7,9,15,17-18,20-21,24-32,34-35H,8H2,1H3/t9-,15-,17+,18-,20+,21+,24+,25-,26-/m0/s1. The number of phenolic OH excluding ortho intramolecular Hbond substituents is 3. The molecule has 1 aromatic heterocycles. The van der Waals surface area contributed by atoms with Crippen LogP contribution in [0.4, 0.5) is 0 Å². The van der Waals surface area contributed by atoms with Gasteiger partial charge in [0.2, 0.25) is 17.5 Å². The van der Waals surface area contributed by atoms with Crippen molar-refractivity contribution in [2.75, 3.05) is 6.61 Å². The molecule has 3 aromatic rings. The summed E-state index contributed by atoms with van der Waals surface area (Å²) in [6, 6.07) is 7.48. The predicted octanol–water partition coefficient (Wildman–Crippen LogP) is -0.754. The average Bonchev–Trinajstić information content (AvgIpc) is 3.21. The summed E-state index contributed by atoms with van der Waals surface area (Å²) < 4.78 is 28.5. The van der Waals surface area contributed by atoms with E-state index < -0.39 is 78.8 Å². The second-order valence-corrected chi connectivity index (χ2v) is 9.59. The molecule has 2 saturated heterocycles. The van der Waals surface area contributed by atoms with Gasteiger partial charge in [-0.1, -0.05) is 0 Å². The molecular weight excluding hydrogens is 536 g/mol. The van der Waals surface area contributed by atoms with E-state index in [0.717, 1.165) is 12.1 Å². The van der Waals surface area contributed by atoms with Crippen molar-refractivity contribution in [1.82, 2.24) is 0 Å². The number of fused-ring (bicyclic) bond motifs is 1. The summed E-state index contributed by atoms with van der Waals surface area (Å²) in [6.07, 6.45) is -13.3. The molecule has 0 amide bonds. The van der Waals surface area contributed by atoms with Crippen LogP contribution in [0.15, 0.2) is 45.6 Å². The van der Waals surface area contributed by atoms with Crippen molar-refractivity contribution in [3.8, 4) is 34.3 Å². The first-order valence-electron chi connectivity index (χ1n) is 12.3. The SMILES string of the molecule is C[C@@H]1O[C@@H](O[C@H]2[C@H](Oc3c(-c4ccc(O)cc4)oc4cc(O)cc(O)c4c3=O)O[C@@H](CO)[C@@H]2O)[C@H](O)[C@H](O)[C@@H]1O. The maximum Gasteiger partial charge on any atom is 0.239 e. The zero-order valence-electron chi connectivity index (χ0n) is 20.9. The molecule has 0 saturated carbocycles. The van der Waals surface area contributed by atoms with Gasteiger partial charge in [-0.25, -0.2) is 0 Å². The van der Waals surface area contributed by atoms with Crippen molar-refractivity contribution < 1.29 is 64.2 Å². The van der Waals surface area contributed by atoms with Crippen LogP contribution in [-0.4, -0.2) is 103 Å². The molecule has 0 radical (unpaired) electrons. The van der Waals surface area contributed by atoms with Gasteiger partial charge in [0.05, 0.1) is 12.7 Å². The van der Waals surface area contributed by atoms with Crippen molar-refractivity contribution in [3.63, 3.8) is 0 Å². The van der Waals surface area contributed by atoms with Crippen molar-refractivity contribution in [2.45, 2.75) is 62.2 Å². The highest BCUT2D eigenvalue weighted by atomic mass is 16.8. The third kappa shape index (κ3) is 4.95. The highest BCUT2D eigenvalue weighted by Gasteiger charge is 2.51. The molecule has 2 aliphatic rings. The topological polar surface area (TPSA) is 229 Å². The molecule has 0 spiro atoms. The van der Waals surface area contributed by atoms with E-state index in [1.54, 1.807) is 0 Å². The van der Waals surface area contributed by atoms with Crippen LogP contribution in [0.3, 0.4) is 0 Å². The largest absolute Gasteiger partial charge is 0.508 e. The van der Waals surface area contributed by atoms with Crippen LogP contribution < -0.4 is 10.2 Å². The Morgan fingerprint density at radius 1 is 0.850 bits per heavy atom. The Morgan fingerprint density at radius 2 is 1.55 bits per heavy atom. The van der Waals surface area contributed by atoms with Crippen LogP contribution in [0.25, 0.3) is 22.3 Å².